The average Bonchev–Trinajstić information content (AvgIpc) is 2.26. The predicted octanol–water partition coefficient (Wildman–Crippen LogP) is 2.65. The molecule has 0 aliphatic carbocycles. The summed E-state index contributed by atoms with van der Waals surface area (Å²) in [7, 11) is 1.71. The molecule has 1 aliphatic rings. The third kappa shape index (κ3) is 2.16. The smallest absolute Gasteiger partial charge is 0.245 e. The maximum atomic E-state index is 11.6. The maximum absolute atomic E-state index is 11.6. The number of nitrogens with zero attached hydrogens (tertiary/aromatic N) is 2. The van der Waals surface area contributed by atoms with E-state index < -0.39 is 0 Å². The molecular formula is C12H13BrN2O. The lowest BCUT2D eigenvalue weighted by atomic mass is 9.97. The van der Waals surface area contributed by atoms with Crippen LogP contribution in [0.15, 0.2) is 33.8 Å². The number of hydrazone groups is 1. The van der Waals surface area contributed by atoms with Gasteiger partial charge < -0.3 is 0 Å². The first-order chi connectivity index (χ1) is 7.58. The molecule has 1 aromatic carbocycles. The van der Waals surface area contributed by atoms with Gasteiger partial charge in [0.05, 0.1) is 5.71 Å². The molecule has 1 amide bonds. The first kappa shape index (κ1) is 11.3. The van der Waals surface area contributed by atoms with Crippen LogP contribution in [-0.4, -0.2) is 23.7 Å². The third-order valence-corrected chi connectivity index (χ3v) is 3.22. The van der Waals surface area contributed by atoms with Gasteiger partial charge in [-0.05, 0) is 17.7 Å². The fourth-order valence-electron chi connectivity index (χ4n) is 1.79. The molecule has 1 unspecified atom stereocenters. The molecule has 1 aromatic rings. The van der Waals surface area contributed by atoms with E-state index in [-0.39, 0.29) is 11.8 Å². The molecule has 0 bridgehead atoms. The van der Waals surface area contributed by atoms with Crippen molar-refractivity contribution in [1.82, 2.24) is 5.01 Å². The summed E-state index contributed by atoms with van der Waals surface area (Å²) in [6, 6.07) is 8.00. The SMILES string of the molecule is CC1CC(c2ccc(Br)cc2)=NN(C)C1=O. The molecule has 0 aromatic heterocycles. The van der Waals surface area contributed by atoms with Crippen LogP contribution >= 0.6 is 15.9 Å². The van der Waals surface area contributed by atoms with Gasteiger partial charge in [0, 0.05) is 23.9 Å². The molecule has 0 saturated heterocycles. The molecule has 0 N–H and O–H groups in total. The van der Waals surface area contributed by atoms with Gasteiger partial charge in [0.2, 0.25) is 5.91 Å². The van der Waals surface area contributed by atoms with Crippen molar-refractivity contribution in [3.05, 3.63) is 34.3 Å². The quantitative estimate of drug-likeness (QED) is 0.779. The van der Waals surface area contributed by atoms with E-state index in [2.05, 4.69) is 21.0 Å². The first-order valence-corrected chi connectivity index (χ1v) is 5.98. The second-order valence-corrected chi connectivity index (χ2v) is 4.94. The Morgan fingerprint density at radius 1 is 1.38 bits per heavy atom. The Hall–Kier alpha value is -1.16. The molecule has 84 valence electrons. The van der Waals surface area contributed by atoms with E-state index in [1.807, 2.05) is 31.2 Å². The first-order valence-electron chi connectivity index (χ1n) is 5.19. The van der Waals surface area contributed by atoms with E-state index in [4.69, 9.17) is 0 Å². The van der Waals surface area contributed by atoms with Crippen LogP contribution in [0, 0.1) is 5.92 Å². The van der Waals surface area contributed by atoms with Crippen LogP contribution in [0.2, 0.25) is 0 Å². The van der Waals surface area contributed by atoms with Crippen LogP contribution in [0.25, 0.3) is 0 Å². The Labute approximate surface area is 103 Å². The fourth-order valence-corrected chi connectivity index (χ4v) is 2.05. The van der Waals surface area contributed by atoms with E-state index in [0.29, 0.717) is 6.42 Å². The number of hydrogen-bond donors (Lipinski definition) is 0. The number of carbonyl (C=O) groups is 1. The van der Waals surface area contributed by atoms with Crippen LogP contribution in [-0.2, 0) is 4.79 Å². The maximum Gasteiger partial charge on any atom is 0.245 e. The molecule has 3 nitrogen and oxygen atoms in total. The van der Waals surface area contributed by atoms with E-state index in [9.17, 15) is 4.79 Å². The van der Waals surface area contributed by atoms with Crippen molar-refractivity contribution in [2.45, 2.75) is 13.3 Å². The molecule has 0 saturated carbocycles. The van der Waals surface area contributed by atoms with Gasteiger partial charge in [0.25, 0.3) is 0 Å². The Bertz CT molecular complexity index is 439. The highest BCUT2D eigenvalue weighted by Gasteiger charge is 2.25. The van der Waals surface area contributed by atoms with Crippen molar-refractivity contribution in [1.29, 1.82) is 0 Å². The molecule has 2 rings (SSSR count). The second kappa shape index (κ2) is 4.37. The lowest BCUT2D eigenvalue weighted by molar-refractivity contribution is -0.134. The minimum atomic E-state index is 0.0150. The van der Waals surface area contributed by atoms with Gasteiger partial charge in [-0.1, -0.05) is 35.0 Å². The molecule has 1 heterocycles. The van der Waals surface area contributed by atoms with Gasteiger partial charge in [-0.3, -0.25) is 4.79 Å². The zero-order valence-corrected chi connectivity index (χ0v) is 10.9. The van der Waals surface area contributed by atoms with Gasteiger partial charge >= 0.3 is 0 Å². The number of rotatable bonds is 1. The fraction of sp³-hybridized carbons (Fsp3) is 0.333. The highest BCUT2D eigenvalue weighted by molar-refractivity contribution is 9.10. The number of halogens is 1. The highest BCUT2D eigenvalue weighted by atomic mass is 79.9. The third-order valence-electron chi connectivity index (χ3n) is 2.69. The van der Waals surface area contributed by atoms with E-state index in [0.717, 1.165) is 15.7 Å². The minimum Gasteiger partial charge on any atom is -0.273 e. The summed E-state index contributed by atoms with van der Waals surface area (Å²) in [6.45, 7) is 1.94. The topological polar surface area (TPSA) is 32.7 Å². The summed E-state index contributed by atoms with van der Waals surface area (Å²) in [4.78, 5) is 11.6. The number of benzene rings is 1. The van der Waals surface area contributed by atoms with Gasteiger partial charge in [-0.25, -0.2) is 5.01 Å². The van der Waals surface area contributed by atoms with Crippen molar-refractivity contribution in [2.24, 2.45) is 11.0 Å². The number of carbonyl (C=O) groups excluding carboxylic acids is 1. The van der Waals surface area contributed by atoms with E-state index in [1.54, 1.807) is 7.05 Å². The molecule has 0 radical (unpaired) electrons. The summed E-state index contributed by atoms with van der Waals surface area (Å²) in [5, 5.41) is 5.73. The Balaban J connectivity index is 2.31. The summed E-state index contributed by atoms with van der Waals surface area (Å²) >= 11 is 3.40. The molecule has 1 atom stereocenters. The lowest BCUT2D eigenvalue weighted by Crippen LogP contribution is -2.34. The van der Waals surface area contributed by atoms with Gasteiger partial charge in [0.1, 0.15) is 0 Å². The number of amides is 1. The molecule has 0 fully saturated rings. The lowest BCUT2D eigenvalue weighted by Gasteiger charge is -2.24. The predicted molar refractivity (Wildman–Crippen MR) is 67.2 cm³/mol. The van der Waals surface area contributed by atoms with Gasteiger partial charge in [0.15, 0.2) is 0 Å². The van der Waals surface area contributed by atoms with Crippen LogP contribution in [0.4, 0.5) is 0 Å². The van der Waals surface area contributed by atoms with Crippen molar-refractivity contribution in [2.75, 3.05) is 7.05 Å². The summed E-state index contributed by atoms with van der Waals surface area (Å²) in [5.41, 5.74) is 2.05. The standard InChI is InChI=1S/C12H13BrN2O/c1-8-7-11(14-15(2)12(8)16)9-3-5-10(13)6-4-9/h3-6,8H,7H2,1-2H3. The van der Waals surface area contributed by atoms with Gasteiger partial charge in [-0.2, -0.15) is 5.10 Å². The molecular weight excluding hydrogens is 268 g/mol. The van der Waals surface area contributed by atoms with Crippen LogP contribution in [0.1, 0.15) is 18.9 Å². The molecule has 1 aliphatic heterocycles. The average molecular weight is 281 g/mol. The zero-order valence-electron chi connectivity index (χ0n) is 9.27. The molecule has 4 heteroatoms. The monoisotopic (exact) mass is 280 g/mol. The molecule has 0 spiro atoms. The second-order valence-electron chi connectivity index (χ2n) is 4.02. The Kier molecular flexibility index (Phi) is 3.10. The Morgan fingerprint density at radius 2 is 2.00 bits per heavy atom. The van der Waals surface area contributed by atoms with Crippen LogP contribution < -0.4 is 0 Å². The van der Waals surface area contributed by atoms with Crippen LogP contribution in [0.5, 0.6) is 0 Å². The summed E-state index contributed by atoms with van der Waals surface area (Å²) in [6.07, 6.45) is 0.713. The van der Waals surface area contributed by atoms with Crippen molar-refractivity contribution in [3.8, 4) is 0 Å². The van der Waals surface area contributed by atoms with Crippen molar-refractivity contribution < 1.29 is 4.79 Å². The minimum absolute atomic E-state index is 0.0150. The Morgan fingerprint density at radius 3 is 2.56 bits per heavy atom. The normalized spacial score (nSPS) is 20.9. The van der Waals surface area contributed by atoms with E-state index in [1.165, 1.54) is 5.01 Å². The summed E-state index contributed by atoms with van der Waals surface area (Å²) < 4.78 is 1.05. The highest BCUT2D eigenvalue weighted by Crippen LogP contribution is 2.20. The largest absolute Gasteiger partial charge is 0.273 e. The molecule has 16 heavy (non-hydrogen) atoms. The number of hydrogen-bond acceptors (Lipinski definition) is 2. The van der Waals surface area contributed by atoms with Crippen molar-refractivity contribution >= 4 is 27.5 Å². The van der Waals surface area contributed by atoms with Gasteiger partial charge in [-0.15, -0.1) is 0 Å². The van der Waals surface area contributed by atoms with Crippen LogP contribution in [0.3, 0.4) is 0 Å². The van der Waals surface area contributed by atoms with Crippen molar-refractivity contribution in [3.63, 3.8) is 0 Å². The zero-order chi connectivity index (χ0) is 11.7. The van der Waals surface area contributed by atoms with E-state index >= 15 is 0 Å². The summed E-state index contributed by atoms with van der Waals surface area (Å²) in [5.74, 6) is 0.0991.